The number of carbonyl (C=O) groups excluding carboxylic acids is 1. The number of aromatic nitrogens is 3. The van der Waals surface area contributed by atoms with Crippen molar-refractivity contribution in [3.63, 3.8) is 0 Å². The predicted octanol–water partition coefficient (Wildman–Crippen LogP) is 4.10. The van der Waals surface area contributed by atoms with Crippen LogP contribution in [0.25, 0.3) is 33.3 Å². The molecule has 1 spiro atoms. The zero-order valence-electron chi connectivity index (χ0n) is 19.5. The minimum absolute atomic E-state index is 0.0379. The molecule has 190 valence electrons. The number of benzene rings is 1. The van der Waals surface area contributed by atoms with Crippen LogP contribution in [0.1, 0.15) is 36.9 Å². The molecule has 3 aliphatic rings. The third kappa shape index (κ3) is 3.76. The van der Waals surface area contributed by atoms with E-state index >= 15 is 0 Å². The third-order valence-electron chi connectivity index (χ3n) is 7.33. The Morgan fingerprint density at radius 3 is 2.65 bits per heavy atom. The molecular formula is C26H22F2N4O5. The summed E-state index contributed by atoms with van der Waals surface area (Å²) in [7, 11) is 0. The van der Waals surface area contributed by atoms with E-state index in [4.69, 9.17) is 13.9 Å². The second-order valence-corrected chi connectivity index (χ2v) is 10.1. The van der Waals surface area contributed by atoms with Crippen molar-refractivity contribution in [1.82, 2.24) is 15.0 Å². The molecule has 3 fully saturated rings. The molecule has 1 amide bonds. The highest BCUT2D eigenvalue weighted by atomic mass is 19.3. The van der Waals surface area contributed by atoms with Gasteiger partial charge >= 0.3 is 0 Å². The monoisotopic (exact) mass is 508 g/mol. The molecule has 0 radical (unpaired) electrons. The van der Waals surface area contributed by atoms with Gasteiger partial charge in [0.05, 0.1) is 25.4 Å². The van der Waals surface area contributed by atoms with E-state index in [0.717, 1.165) is 12.8 Å². The van der Waals surface area contributed by atoms with Gasteiger partial charge in [0, 0.05) is 35.5 Å². The van der Waals surface area contributed by atoms with Gasteiger partial charge in [0.1, 0.15) is 28.2 Å². The molecule has 2 saturated heterocycles. The van der Waals surface area contributed by atoms with Crippen molar-refractivity contribution in [2.24, 2.45) is 5.92 Å². The average molecular weight is 508 g/mol. The van der Waals surface area contributed by atoms with Crippen molar-refractivity contribution >= 4 is 33.6 Å². The molecule has 1 saturated carbocycles. The minimum Gasteiger partial charge on any atom is -0.436 e. The Balaban J connectivity index is 1.29. The lowest BCUT2D eigenvalue weighted by Gasteiger charge is -2.37. The number of hydrogen-bond donors (Lipinski definition) is 2. The standard InChI is InChI=1S/C26H22F2N4O5/c27-22(28)21-16-7-29-20(32-23(33)13-1-2-13)6-15(16)17(8-30-21)24-31-18-5-14(3-4-19(18)37-24)26(34)9-25(36-12-26)10-35-11-25/h3-8,13,22,34H,1-2,9-12H2,(H,29,32,33)/t26-/m0/s1. The van der Waals surface area contributed by atoms with Crippen molar-refractivity contribution < 1.29 is 32.6 Å². The summed E-state index contributed by atoms with van der Waals surface area (Å²) in [4.78, 5) is 24.9. The Kier molecular flexibility index (Phi) is 4.88. The summed E-state index contributed by atoms with van der Waals surface area (Å²) < 4.78 is 44.5. The van der Waals surface area contributed by atoms with E-state index in [2.05, 4.69) is 20.3 Å². The van der Waals surface area contributed by atoms with Crippen LogP contribution in [-0.2, 0) is 19.9 Å². The lowest BCUT2D eigenvalue weighted by molar-refractivity contribution is -0.184. The van der Waals surface area contributed by atoms with E-state index in [-0.39, 0.29) is 35.5 Å². The van der Waals surface area contributed by atoms with Gasteiger partial charge in [-0.05, 0) is 36.6 Å². The molecule has 2 aliphatic heterocycles. The van der Waals surface area contributed by atoms with Gasteiger partial charge in [-0.2, -0.15) is 0 Å². The smallest absolute Gasteiger partial charge is 0.281 e. The summed E-state index contributed by atoms with van der Waals surface area (Å²) in [6, 6.07) is 6.77. The normalized spacial score (nSPS) is 22.7. The van der Waals surface area contributed by atoms with Crippen LogP contribution >= 0.6 is 0 Å². The zero-order chi connectivity index (χ0) is 25.4. The number of alkyl halides is 2. The molecule has 1 aliphatic carbocycles. The molecule has 3 aromatic heterocycles. The molecule has 2 N–H and O–H groups in total. The first kappa shape index (κ1) is 22.6. The number of oxazole rings is 1. The quantitative estimate of drug-likeness (QED) is 0.414. The predicted molar refractivity (Wildman–Crippen MR) is 127 cm³/mol. The number of pyridine rings is 2. The highest BCUT2D eigenvalue weighted by molar-refractivity contribution is 6.00. The number of nitrogens with zero attached hydrogens (tertiary/aromatic N) is 3. The number of halogens is 2. The molecule has 4 aromatic rings. The third-order valence-corrected chi connectivity index (χ3v) is 7.33. The fourth-order valence-corrected chi connectivity index (χ4v) is 5.08. The first-order valence-corrected chi connectivity index (χ1v) is 12.1. The van der Waals surface area contributed by atoms with Gasteiger partial charge in [0.25, 0.3) is 6.43 Å². The first-order chi connectivity index (χ1) is 17.8. The Bertz CT molecular complexity index is 1570. The topological polar surface area (TPSA) is 120 Å². The molecular weight excluding hydrogens is 486 g/mol. The van der Waals surface area contributed by atoms with Gasteiger partial charge in [0.15, 0.2) is 5.58 Å². The van der Waals surface area contributed by atoms with Crippen LogP contribution in [0.4, 0.5) is 14.6 Å². The van der Waals surface area contributed by atoms with E-state index in [1.165, 1.54) is 18.5 Å². The molecule has 5 heterocycles. The maximum absolute atomic E-state index is 13.7. The second kappa shape index (κ2) is 7.98. The summed E-state index contributed by atoms with van der Waals surface area (Å²) in [6.45, 7) is 1.06. The summed E-state index contributed by atoms with van der Waals surface area (Å²) in [6.07, 6.45) is 1.83. The summed E-state index contributed by atoms with van der Waals surface area (Å²) in [5, 5.41) is 14.5. The second-order valence-electron chi connectivity index (χ2n) is 10.1. The molecule has 9 nitrogen and oxygen atoms in total. The molecule has 7 rings (SSSR count). The molecule has 0 bridgehead atoms. The highest BCUT2D eigenvalue weighted by Gasteiger charge is 2.54. The van der Waals surface area contributed by atoms with Gasteiger partial charge in [-0.3, -0.25) is 9.78 Å². The molecule has 11 heteroatoms. The average Bonchev–Trinajstić information content (AvgIpc) is 3.52. The molecule has 1 atom stereocenters. The van der Waals surface area contributed by atoms with Crippen molar-refractivity contribution in [1.29, 1.82) is 0 Å². The number of hydrogen-bond acceptors (Lipinski definition) is 8. The summed E-state index contributed by atoms with van der Waals surface area (Å²) in [5.41, 5.74) is -0.0495. The fraction of sp³-hybridized carbons (Fsp3) is 0.385. The molecule has 37 heavy (non-hydrogen) atoms. The number of nitrogens with one attached hydrogen (secondary N) is 1. The Morgan fingerprint density at radius 2 is 1.95 bits per heavy atom. The van der Waals surface area contributed by atoms with Crippen molar-refractivity contribution in [2.75, 3.05) is 25.1 Å². The van der Waals surface area contributed by atoms with E-state index in [9.17, 15) is 18.7 Å². The number of carbonyl (C=O) groups is 1. The van der Waals surface area contributed by atoms with Crippen LogP contribution in [0.3, 0.4) is 0 Å². The van der Waals surface area contributed by atoms with Crippen LogP contribution < -0.4 is 5.32 Å². The van der Waals surface area contributed by atoms with E-state index in [1.54, 1.807) is 18.2 Å². The molecule has 1 aromatic carbocycles. The maximum atomic E-state index is 13.7. The van der Waals surface area contributed by atoms with Crippen molar-refractivity contribution in [2.45, 2.75) is 36.9 Å². The Morgan fingerprint density at radius 1 is 1.11 bits per heavy atom. The van der Waals surface area contributed by atoms with Gasteiger partial charge in [0.2, 0.25) is 11.8 Å². The summed E-state index contributed by atoms with van der Waals surface area (Å²) in [5.74, 6) is 0.251. The Hall–Kier alpha value is -3.54. The number of aliphatic hydroxyl groups is 1. The fourth-order valence-electron chi connectivity index (χ4n) is 5.08. The van der Waals surface area contributed by atoms with Crippen molar-refractivity contribution in [3.05, 3.63) is 47.9 Å². The van der Waals surface area contributed by atoms with Gasteiger partial charge in [-0.15, -0.1) is 0 Å². The number of ether oxygens (including phenoxy) is 2. The van der Waals surface area contributed by atoms with Crippen LogP contribution in [0, 0.1) is 5.92 Å². The van der Waals surface area contributed by atoms with Gasteiger partial charge in [-0.1, -0.05) is 6.07 Å². The van der Waals surface area contributed by atoms with Crippen LogP contribution in [0.5, 0.6) is 0 Å². The van der Waals surface area contributed by atoms with Crippen LogP contribution in [0.15, 0.2) is 41.1 Å². The molecule has 0 unspecified atom stereocenters. The number of amides is 1. The lowest BCUT2D eigenvalue weighted by Crippen LogP contribution is -2.49. The van der Waals surface area contributed by atoms with E-state index in [0.29, 0.717) is 47.2 Å². The number of rotatable bonds is 5. The zero-order valence-corrected chi connectivity index (χ0v) is 19.5. The number of fused-ring (bicyclic) bond motifs is 2. The van der Waals surface area contributed by atoms with Crippen LogP contribution in [0.2, 0.25) is 0 Å². The minimum atomic E-state index is -2.81. The maximum Gasteiger partial charge on any atom is 0.281 e. The lowest BCUT2D eigenvalue weighted by atomic mass is 9.84. The van der Waals surface area contributed by atoms with Gasteiger partial charge in [-0.25, -0.2) is 18.7 Å². The number of anilines is 1. The van der Waals surface area contributed by atoms with Crippen molar-refractivity contribution in [3.8, 4) is 11.5 Å². The van der Waals surface area contributed by atoms with E-state index in [1.807, 2.05) is 0 Å². The SMILES string of the molecule is O=C(Nc1cc2c(-c3nc4cc([C@@]5(O)COC6(COC6)C5)ccc4o3)cnc(C(F)F)c2cn1)C1CC1. The first-order valence-electron chi connectivity index (χ1n) is 12.1. The van der Waals surface area contributed by atoms with Crippen LogP contribution in [-0.4, -0.2) is 51.4 Å². The summed E-state index contributed by atoms with van der Waals surface area (Å²) >= 11 is 0. The highest BCUT2D eigenvalue weighted by Crippen LogP contribution is 2.44. The largest absolute Gasteiger partial charge is 0.436 e. The Labute approximate surface area is 208 Å². The van der Waals surface area contributed by atoms with E-state index < -0.39 is 23.3 Å². The van der Waals surface area contributed by atoms with Gasteiger partial charge < -0.3 is 24.3 Å².